The number of halogens is 1. The average Bonchev–Trinajstić information content (AvgIpc) is 2.54. The lowest BCUT2D eigenvalue weighted by Crippen LogP contribution is -2.45. The molecule has 0 saturated carbocycles. The van der Waals surface area contributed by atoms with Crippen LogP contribution in [0, 0.1) is 0 Å². The second-order valence-corrected chi connectivity index (χ2v) is 6.21. The Morgan fingerprint density at radius 3 is 2.48 bits per heavy atom. The van der Waals surface area contributed by atoms with Crippen molar-refractivity contribution in [1.29, 1.82) is 0 Å². The maximum absolute atomic E-state index is 5.43. The molecule has 1 rings (SSSR count). The summed E-state index contributed by atoms with van der Waals surface area (Å²) in [5.74, 6) is 1.46. The van der Waals surface area contributed by atoms with Crippen LogP contribution in [0.4, 0.5) is 0 Å². The Hall–Kier alpha value is -1.09. The Morgan fingerprint density at radius 2 is 1.92 bits per heavy atom. The molecular weight excluding hydrogens is 429 g/mol. The Labute approximate surface area is 169 Å². The topological polar surface area (TPSA) is 61.8 Å². The van der Waals surface area contributed by atoms with Crippen molar-refractivity contribution in [3.63, 3.8) is 0 Å². The predicted octanol–water partition coefficient (Wildman–Crippen LogP) is 2.88. The van der Waals surface area contributed by atoms with Crippen molar-refractivity contribution in [3.8, 4) is 5.88 Å². The van der Waals surface area contributed by atoms with Crippen LogP contribution in [-0.2, 0) is 6.54 Å². The van der Waals surface area contributed by atoms with Crippen LogP contribution < -0.4 is 15.4 Å². The molecule has 1 aromatic rings. The van der Waals surface area contributed by atoms with Crippen molar-refractivity contribution in [2.75, 3.05) is 26.7 Å². The Balaban J connectivity index is 0.00000576. The summed E-state index contributed by atoms with van der Waals surface area (Å²) in [6, 6.07) is 5.00. The van der Waals surface area contributed by atoms with Crippen molar-refractivity contribution >= 4 is 29.9 Å². The molecule has 0 atom stereocenters. The first kappa shape index (κ1) is 23.9. The maximum atomic E-state index is 5.43. The first-order valence-electron chi connectivity index (χ1n) is 8.75. The Morgan fingerprint density at radius 1 is 1.24 bits per heavy atom. The molecule has 25 heavy (non-hydrogen) atoms. The van der Waals surface area contributed by atoms with E-state index in [0.717, 1.165) is 24.6 Å². The van der Waals surface area contributed by atoms with E-state index in [-0.39, 0.29) is 24.0 Å². The Kier molecular flexibility index (Phi) is 12.6. The minimum Gasteiger partial charge on any atom is -0.478 e. The summed E-state index contributed by atoms with van der Waals surface area (Å²) in [7, 11) is 1.79. The van der Waals surface area contributed by atoms with Gasteiger partial charge in [-0.1, -0.05) is 0 Å². The third kappa shape index (κ3) is 9.25. The van der Waals surface area contributed by atoms with Gasteiger partial charge in [0.1, 0.15) is 0 Å². The highest BCUT2D eigenvalue weighted by Crippen LogP contribution is 2.08. The second kappa shape index (κ2) is 13.2. The monoisotopic (exact) mass is 463 g/mol. The number of ether oxygens (including phenoxy) is 1. The summed E-state index contributed by atoms with van der Waals surface area (Å²) in [6.45, 7) is 14.0. The van der Waals surface area contributed by atoms with E-state index in [2.05, 4.69) is 53.2 Å². The fourth-order valence-corrected chi connectivity index (χ4v) is 2.61. The van der Waals surface area contributed by atoms with Gasteiger partial charge in [-0.05, 0) is 46.2 Å². The number of hydrogen-bond acceptors (Lipinski definition) is 4. The molecule has 0 aliphatic carbocycles. The highest BCUT2D eigenvalue weighted by Gasteiger charge is 2.12. The number of nitrogens with zero attached hydrogens (tertiary/aromatic N) is 3. The predicted molar refractivity (Wildman–Crippen MR) is 116 cm³/mol. The lowest BCUT2D eigenvalue weighted by Gasteiger charge is -2.30. The lowest BCUT2D eigenvalue weighted by molar-refractivity contribution is 0.178. The van der Waals surface area contributed by atoms with Gasteiger partial charge in [-0.15, -0.1) is 24.0 Å². The molecular formula is C18H34IN5O. The van der Waals surface area contributed by atoms with E-state index in [0.29, 0.717) is 31.1 Å². The van der Waals surface area contributed by atoms with Gasteiger partial charge in [0.05, 0.1) is 6.61 Å². The van der Waals surface area contributed by atoms with Crippen LogP contribution in [0.3, 0.4) is 0 Å². The van der Waals surface area contributed by atoms with E-state index in [1.54, 1.807) is 13.2 Å². The standard InChI is InChI=1S/C18H33N5O.HI/c1-7-24-17-12-16(8-9-20-17)13-22-18(19-6)21-10-11-23(14(2)3)15(4)5;/h8-9,12,14-15H,7,10-11,13H2,1-6H3,(H2,19,21,22);1H. The zero-order chi connectivity index (χ0) is 17.9. The fourth-order valence-electron chi connectivity index (χ4n) is 2.61. The summed E-state index contributed by atoms with van der Waals surface area (Å²) in [4.78, 5) is 10.9. The smallest absolute Gasteiger partial charge is 0.213 e. The normalized spacial score (nSPS) is 11.6. The first-order valence-corrected chi connectivity index (χ1v) is 8.75. The van der Waals surface area contributed by atoms with Crippen LogP contribution in [0.2, 0.25) is 0 Å². The van der Waals surface area contributed by atoms with Gasteiger partial charge in [-0.2, -0.15) is 0 Å². The number of hydrogen-bond donors (Lipinski definition) is 2. The third-order valence-electron chi connectivity index (χ3n) is 3.76. The molecule has 144 valence electrons. The highest BCUT2D eigenvalue weighted by molar-refractivity contribution is 14.0. The van der Waals surface area contributed by atoms with E-state index in [9.17, 15) is 0 Å². The van der Waals surface area contributed by atoms with E-state index in [1.165, 1.54) is 0 Å². The Bertz CT molecular complexity index is 500. The molecule has 0 aliphatic rings. The number of aromatic nitrogens is 1. The van der Waals surface area contributed by atoms with E-state index < -0.39 is 0 Å². The summed E-state index contributed by atoms with van der Waals surface area (Å²) in [5.41, 5.74) is 1.11. The largest absolute Gasteiger partial charge is 0.478 e. The summed E-state index contributed by atoms with van der Waals surface area (Å²) >= 11 is 0. The van der Waals surface area contributed by atoms with Crippen molar-refractivity contribution in [1.82, 2.24) is 20.5 Å². The van der Waals surface area contributed by atoms with Gasteiger partial charge in [0.15, 0.2) is 5.96 Å². The lowest BCUT2D eigenvalue weighted by atomic mass is 10.2. The van der Waals surface area contributed by atoms with Crippen molar-refractivity contribution in [2.24, 2.45) is 4.99 Å². The van der Waals surface area contributed by atoms with E-state index in [4.69, 9.17) is 4.74 Å². The van der Waals surface area contributed by atoms with Crippen LogP contribution in [0.25, 0.3) is 0 Å². The highest BCUT2D eigenvalue weighted by atomic mass is 127. The fraction of sp³-hybridized carbons (Fsp3) is 0.667. The SMILES string of the molecule is CCOc1cc(CNC(=NC)NCCN(C(C)C)C(C)C)ccn1.I. The van der Waals surface area contributed by atoms with Crippen LogP contribution in [0.5, 0.6) is 5.88 Å². The van der Waals surface area contributed by atoms with Gasteiger partial charge in [0, 0.05) is 51.0 Å². The number of aliphatic imine (C=N–C) groups is 1. The van der Waals surface area contributed by atoms with E-state index >= 15 is 0 Å². The van der Waals surface area contributed by atoms with Gasteiger partial charge in [-0.25, -0.2) is 4.98 Å². The summed E-state index contributed by atoms with van der Waals surface area (Å²) < 4.78 is 5.43. The van der Waals surface area contributed by atoms with Gasteiger partial charge in [0.2, 0.25) is 5.88 Å². The van der Waals surface area contributed by atoms with Gasteiger partial charge >= 0.3 is 0 Å². The molecule has 1 aromatic heterocycles. The summed E-state index contributed by atoms with van der Waals surface area (Å²) in [5, 5.41) is 6.69. The van der Waals surface area contributed by atoms with Crippen molar-refractivity contribution in [2.45, 2.75) is 53.2 Å². The quantitative estimate of drug-likeness (QED) is 0.335. The number of pyridine rings is 1. The van der Waals surface area contributed by atoms with Gasteiger partial charge in [-0.3, -0.25) is 9.89 Å². The third-order valence-corrected chi connectivity index (χ3v) is 3.76. The molecule has 0 bridgehead atoms. The number of rotatable bonds is 9. The molecule has 0 saturated heterocycles. The van der Waals surface area contributed by atoms with Crippen molar-refractivity contribution in [3.05, 3.63) is 23.9 Å². The molecule has 0 fully saturated rings. The molecule has 0 aliphatic heterocycles. The number of guanidine groups is 1. The molecule has 0 spiro atoms. The van der Waals surface area contributed by atoms with Crippen LogP contribution in [0.15, 0.2) is 23.3 Å². The van der Waals surface area contributed by atoms with Gasteiger partial charge in [0.25, 0.3) is 0 Å². The maximum Gasteiger partial charge on any atom is 0.213 e. The molecule has 0 radical (unpaired) electrons. The molecule has 2 N–H and O–H groups in total. The molecule has 0 aromatic carbocycles. The van der Waals surface area contributed by atoms with Crippen molar-refractivity contribution < 1.29 is 4.74 Å². The first-order chi connectivity index (χ1) is 11.5. The minimum absolute atomic E-state index is 0. The molecule has 0 unspecified atom stereocenters. The zero-order valence-electron chi connectivity index (χ0n) is 16.4. The molecule has 7 heteroatoms. The molecule has 0 amide bonds. The average molecular weight is 463 g/mol. The molecule has 6 nitrogen and oxygen atoms in total. The van der Waals surface area contributed by atoms with E-state index in [1.807, 2.05) is 19.1 Å². The van der Waals surface area contributed by atoms with Gasteiger partial charge < -0.3 is 15.4 Å². The minimum atomic E-state index is 0. The zero-order valence-corrected chi connectivity index (χ0v) is 18.7. The van der Waals surface area contributed by atoms with Crippen LogP contribution in [0.1, 0.15) is 40.2 Å². The summed E-state index contributed by atoms with van der Waals surface area (Å²) in [6.07, 6.45) is 1.77. The second-order valence-electron chi connectivity index (χ2n) is 6.21. The molecule has 1 heterocycles. The van der Waals surface area contributed by atoms with Crippen LogP contribution >= 0.6 is 24.0 Å². The number of nitrogens with one attached hydrogen (secondary N) is 2. The van der Waals surface area contributed by atoms with Crippen LogP contribution in [-0.4, -0.2) is 54.7 Å².